The molecular formula is C11H13IO3. The Morgan fingerprint density at radius 1 is 1.27 bits per heavy atom. The average Bonchev–Trinajstić information content (AvgIpc) is 2.30. The first kappa shape index (κ1) is 12.4. The molecule has 0 bridgehead atoms. The fourth-order valence-electron chi connectivity index (χ4n) is 1.30. The summed E-state index contributed by atoms with van der Waals surface area (Å²) in [6.07, 6.45) is -0.265. The van der Waals surface area contributed by atoms with Crippen molar-refractivity contribution < 1.29 is 14.3 Å². The van der Waals surface area contributed by atoms with Crippen molar-refractivity contribution in [2.45, 2.75) is 10.0 Å². The molecule has 1 aromatic carbocycles. The quantitative estimate of drug-likeness (QED) is 0.485. The Bertz CT molecular complexity index is 313. The molecule has 0 spiro atoms. The van der Waals surface area contributed by atoms with Crippen molar-refractivity contribution >= 4 is 28.6 Å². The minimum Gasteiger partial charge on any atom is -0.468 e. The minimum absolute atomic E-state index is 0.265. The van der Waals surface area contributed by atoms with Crippen molar-refractivity contribution in [2.24, 2.45) is 0 Å². The molecule has 4 heteroatoms. The van der Waals surface area contributed by atoms with Crippen LogP contribution < -0.4 is 0 Å². The van der Waals surface area contributed by atoms with Crippen LogP contribution in [0.4, 0.5) is 0 Å². The maximum absolute atomic E-state index is 11.4. The maximum Gasteiger partial charge on any atom is 0.321 e. The Labute approximate surface area is 103 Å². The van der Waals surface area contributed by atoms with Gasteiger partial charge in [0.15, 0.2) is 0 Å². The lowest BCUT2D eigenvalue weighted by atomic mass is 10.1. The number of carbonyl (C=O) groups excluding carboxylic acids is 1. The fourth-order valence-corrected chi connectivity index (χ4v) is 2.27. The molecule has 82 valence electrons. The van der Waals surface area contributed by atoms with Gasteiger partial charge in [-0.15, -0.1) is 0 Å². The molecule has 15 heavy (non-hydrogen) atoms. The Morgan fingerprint density at radius 2 is 1.87 bits per heavy atom. The van der Waals surface area contributed by atoms with Gasteiger partial charge in [-0.25, -0.2) is 0 Å². The third kappa shape index (κ3) is 3.17. The van der Waals surface area contributed by atoms with Crippen molar-refractivity contribution in [3.05, 3.63) is 35.9 Å². The first-order valence-electron chi connectivity index (χ1n) is 4.50. The van der Waals surface area contributed by atoms with Crippen molar-refractivity contribution in [2.75, 3.05) is 14.2 Å². The molecule has 2 unspecified atom stereocenters. The lowest BCUT2D eigenvalue weighted by Crippen LogP contribution is -2.24. The van der Waals surface area contributed by atoms with E-state index in [0.29, 0.717) is 0 Å². The number of hydrogen-bond donors (Lipinski definition) is 0. The number of ether oxygens (including phenoxy) is 2. The summed E-state index contributed by atoms with van der Waals surface area (Å²) in [5, 5.41) is 0. The smallest absolute Gasteiger partial charge is 0.321 e. The monoisotopic (exact) mass is 320 g/mol. The molecule has 0 fully saturated rings. The molecule has 0 radical (unpaired) electrons. The SMILES string of the molecule is COC(=O)C(I)C(OC)c1ccccc1. The number of esters is 1. The number of alkyl halides is 1. The molecule has 0 aliphatic carbocycles. The van der Waals surface area contributed by atoms with Crippen LogP contribution in [-0.4, -0.2) is 24.1 Å². The number of rotatable bonds is 4. The second-order valence-electron chi connectivity index (χ2n) is 2.99. The summed E-state index contributed by atoms with van der Waals surface area (Å²) in [5.41, 5.74) is 0.977. The summed E-state index contributed by atoms with van der Waals surface area (Å²) in [6, 6.07) is 9.63. The van der Waals surface area contributed by atoms with Crippen molar-refractivity contribution in [1.29, 1.82) is 0 Å². The number of methoxy groups -OCH3 is 2. The number of hydrogen-bond acceptors (Lipinski definition) is 3. The molecule has 0 aromatic heterocycles. The van der Waals surface area contributed by atoms with E-state index < -0.39 is 0 Å². The summed E-state index contributed by atoms with van der Waals surface area (Å²) in [7, 11) is 2.97. The molecule has 3 nitrogen and oxygen atoms in total. The zero-order valence-corrected chi connectivity index (χ0v) is 10.8. The van der Waals surface area contributed by atoms with Crippen LogP contribution in [0.2, 0.25) is 0 Å². The molecule has 0 amide bonds. The van der Waals surface area contributed by atoms with E-state index in [1.54, 1.807) is 7.11 Å². The van der Waals surface area contributed by atoms with E-state index in [0.717, 1.165) is 5.56 Å². The molecule has 0 N–H and O–H groups in total. The first-order valence-corrected chi connectivity index (χ1v) is 5.75. The predicted octanol–water partition coefficient (Wildman–Crippen LogP) is 2.35. The van der Waals surface area contributed by atoms with Crippen LogP contribution >= 0.6 is 22.6 Å². The second-order valence-corrected chi connectivity index (χ2v) is 4.33. The average molecular weight is 320 g/mol. The van der Waals surface area contributed by atoms with E-state index in [9.17, 15) is 4.79 Å². The van der Waals surface area contributed by atoms with Gasteiger partial charge in [0.25, 0.3) is 0 Å². The van der Waals surface area contributed by atoms with E-state index >= 15 is 0 Å². The van der Waals surface area contributed by atoms with Crippen LogP contribution in [0.3, 0.4) is 0 Å². The maximum atomic E-state index is 11.4. The Kier molecular flexibility index (Phi) is 5.04. The highest BCUT2D eigenvalue weighted by Crippen LogP contribution is 2.26. The topological polar surface area (TPSA) is 35.5 Å². The second kappa shape index (κ2) is 6.07. The molecule has 1 aromatic rings. The van der Waals surface area contributed by atoms with Crippen LogP contribution in [0, 0.1) is 0 Å². The van der Waals surface area contributed by atoms with Gasteiger partial charge in [0.05, 0.1) is 7.11 Å². The molecule has 0 heterocycles. The van der Waals surface area contributed by atoms with Crippen molar-refractivity contribution in [3.63, 3.8) is 0 Å². The summed E-state index contributed by atoms with van der Waals surface area (Å²) < 4.78 is 9.67. The highest BCUT2D eigenvalue weighted by Gasteiger charge is 2.27. The fraction of sp³-hybridized carbons (Fsp3) is 0.364. The van der Waals surface area contributed by atoms with Gasteiger partial charge in [0, 0.05) is 7.11 Å². The number of benzene rings is 1. The summed E-state index contributed by atoms with van der Waals surface area (Å²) in [5.74, 6) is -0.272. The van der Waals surface area contributed by atoms with Crippen LogP contribution in [0.5, 0.6) is 0 Å². The number of carbonyl (C=O) groups is 1. The Hall–Kier alpha value is -0.620. The number of halogens is 1. The molecule has 1 rings (SSSR count). The van der Waals surface area contributed by atoms with E-state index in [4.69, 9.17) is 4.74 Å². The van der Waals surface area contributed by atoms with Gasteiger partial charge in [-0.3, -0.25) is 4.79 Å². The van der Waals surface area contributed by atoms with E-state index in [1.807, 2.05) is 52.9 Å². The molecular weight excluding hydrogens is 307 g/mol. The predicted molar refractivity (Wildman–Crippen MR) is 66.0 cm³/mol. The zero-order valence-electron chi connectivity index (χ0n) is 8.64. The molecule has 2 atom stereocenters. The summed E-state index contributed by atoms with van der Waals surface area (Å²) in [6.45, 7) is 0. The first-order chi connectivity index (χ1) is 7.20. The Morgan fingerprint density at radius 3 is 2.33 bits per heavy atom. The van der Waals surface area contributed by atoms with Gasteiger partial charge in [0.2, 0.25) is 0 Å². The standard InChI is InChI=1S/C11H13IO3/c1-14-10(9(12)11(13)15-2)8-6-4-3-5-7-8/h3-7,9-10H,1-2H3. The van der Waals surface area contributed by atoms with E-state index in [1.165, 1.54) is 7.11 Å². The minimum atomic E-state index is -0.333. The van der Waals surface area contributed by atoms with Gasteiger partial charge in [0.1, 0.15) is 10.0 Å². The third-order valence-electron chi connectivity index (χ3n) is 2.07. The van der Waals surface area contributed by atoms with Gasteiger partial charge < -0.3 is 9.47 Å². The van der Waals surface area contributed by atoms with Crippen molar-refractivity contribution in [1.82, 2.24) is 0 Å². The normalized spacial score (nSPS) is 14.3. The molecule has 0 aliphatic rings. The molecule has 0 saturated carbocycles. The summed E-state index contributed by atoms with van der Waals surface area (Å²) in [4.78, 5) is 11.4. The summed E-state index contributed by atoms with van der Waals surface area (Å²) >= 11 is 2.03. The van der Waals surface area contributed by atoms with Gasteiger partial charge >= 0.3 is 5.97 Å². The third-order valence-corrected chi connectivity index (χ3v) is 3.24. The van der Waals surface area contributed by atoms with Gasteiger partial charge in [-0.1, -0.05) is 52.9 Å². The van der Waals surface area contributed by atoms with Crippen LogP contribution in [0.15, 0.2) is 30.3 Å². The van der Waals surface area contributed by atoms with Crippen molar-refractivity contribution in [3.8, 4) is 0 Å². The van der Waals surface area contributed by atoms with Gasteiger partial charge in [-0.2, -0.15) is 0 Å². The lowest BCUT2D eigenvalue weighted by Gasteiger charge is -2.19. The van der Waals surface area contributed by atoms with E-state index in [-0.39, 0.29) is 16.0 Å². The zero-order chi connectivity index (χ0) is 11.3. The highest BCUT2D eigenvalue weighted by atomic mass is 127. The Balaban J connectivity index is 2.85. The largest absolute Gasteiger partial charge is 0.468 e. The molecule has 0 aliphatic heterocycles. The lowest BCUT2D eigenvalue weighted by molar-refractivity contribution is -0.142. The van der Waals surface area contributed by atoms with E-state index in [2.05, 4.69) is 4.74 Å². The van der Waals surface area contributed by atoms with Crippen LogP contribution in [0.1, 0.15) is 11.7 Å². The van der Waals surface area contributed by atoms with Crippen LogP contribution in [0.25, 0.3) is 0 Å². The van der Waals surface area contributed by atoms with Gasteiger partial charge in [-0.05, 0) is 5.56 Å². The molecule has 0 saturated heterocycles. The van der Waals surface area contributed by atoms with Crippen LogP contribution in [-0.2, 0) is 14.3 Å². The highest BCUT2D eigenvalue weighted by molar-refractivity contribution is 14.1.